The quantitative estimate of drug-likeness (QED) is 0.479. The van der Waals surface area contributed by atoms with Gasteiger partial charge in [-0.1, -0.05) is 12.6 Å². The molecule has 0 amide bonds. The summed E-state index contributed by atoms with van der Waals surface area (Å²) in [5, 5.41) is 23.4. The predicted octanol–water partition coefficient (Wildman–Crippen LogP) is 2.49. The van der Waals surface area contributed by atoms with E-state index in [-0.39, 0.29) is 23.8 Å². The number of rotatable bonds is 6. The molecule has 0 unspecified atom stereocenters. The van der Waals surface area contributed by atoms with Crippen molar-refractivity contribution in [3.63, 3.8) is 0 Å². The summed E-state index contributed by atoms with van der Waals surface area (Å²) in [5.41, 5.74) is 2.88. The second-order valence-electron chi connectivity index (χ2n) is 5.33. The van der Waals surface area contributed by atoms with E-state index in [9.17, 15) is 9.90 Å². The Labute approximate surface area is 135 Å². The number of hydrogen-bond acceptors (Lipinski definition) is 6. The molecule has 1 aromatic carbocycles. The van der Waals surface area contributed by atoms with Gasteiger partial charge >= 0.3 is 0 Å². The van der Waals surface area contributed by atoms with Gasteiger partial charge in [0.1, 0.15) is 11.5 Å². The lowest BCUT2D eigenvalue weighted by Gasteiger charge is -2.17. The molecule has 4 N–H and O–H groups in total. The zero-order chi connectivity index (χ0) is 17.0. The van der Waals surface area contributed by atoms with Crippen LogP contribution in [0.3, 0.4) is 0 Å². The van der Waals surface area contributed by atoms with Gasteiger partial charge in [-0.25, -0.2) is 4.99 Å². The number of nitrogens with zero attached hydrogens (tertiary/aromatic N) is 1. The number of aliphatic imine (C=N–C) groups is 1. The standard InChI is InChI=1S/C17H20N4O2/c1-10(22)7-21-16-5-4-13(6-15(16)17(18)11(2)23)14-8-19-12(3)20-9-14/h4-6,8,18,21-22H,1,7,9H2,2-3H3,(H,19,20). The van der Waals surface area contributed by atoms with Crippen LogP contribution in [0.15, 0.2) is 41.7 Å². The summed E-state index contributed by atoms with van der Waals surface area (Å²) in [6, 6.07) is 5.47. The Morgan fingerprint density at radius 1 is 1.52 bits per heavy atom. The van der Waals surface area contributed by atoms with Gasteiger partial charge in [-0.15, -0.1) is 0 Å². The zero-order valence-corrected chi connectivity index (χ0v) is 13.2. The van der Waals surface area contributed by atoms with Gasteiger partial charge in [0.05, 0.1) is 12.4 Å². The number of anilines is 1. The van der Waals surface area contributed by atoms with Gasteiger partial charge < -0.3 is 15.7 Å². The second-order valence-corrected chi connectivity index (χ2v) is 5.33. The van der Waals surface area contributed by atoms with Crippen molar-refractivity contribution in [2.45, 2.75) is 13.8 Å². The topological polar surface area (TPSA) is 97.6 Å². The molecular formula is C17H20N4O2. The fraction of sp³-hybridized carbons (Fsp3) is 0.235. The highest BCUT2D eigenvalue weighted by Crippen LogP contribution is 2.24. The Bertz CT molecular complexity index is 732. The molecular weight excluding hydrogens is 292 g/mol. The van der Waals surface area contributed by atoms with E-state index in [1.807, 2.05) is 13.0 Å². The molecule has 120 valence electrons. The smallest absolute Gasteiger partial charge is 0.178 e. The summed E-state index contributed by atoms with van der Waals surface area (Å²) in [4.78, 5) is 15.8. The first-order chi connectivity index (χ1) is 10.9. The SMILES string of the molecule is C=C(O)CNc1ccc(C2=CN=C(C)NC2)cc1C(=N)C(C)=O. The molecule has 0 spiro atoms. The van der Waals surface area contributed by atoms with Crippen molar-refractivity contribution in [1.29, 1.82) is 5.41 Å². The number of carbonyl (C=O) groups excluding carboxylic acids is 1. The minimum atomic E-state index is -0.322. The number of hydrogen-bond donors (Lipinski definition) is 4. The van der Waals surface area contributed by atoms with Gasteiger partial charge in [-0.3, -0.25) is 10.2 Å². The van der Waals surface area contributed by atoms with Crippen LogP contribution in [0.4, 0.5) is 5.69 Å². The van der Waals surface area contributed by atoms with Gasteiger partial charge in [-0.05, 0) is 30.2 Å². The van der Waals surface area contributed by atoms with Crippen LogP contribution < -0.4 is 10.6 Å². The highest BCUT2D eigenvalue weighted by molar-refractivity contribution is 6.45. The molecule has 1 aromatic rings. The Kier molecular flexibility index (Phi) is 4.95. The lowest BCUT2D eigenvalue weighted by atomic mass is 9.97. The van der Waals surface area contributed by atoms with E-state index in [0.29, 0.717) is 17.8 Å². The molecule has 0 fully saturated rings. The zero-order valence-electron chi connectivity index (χ0n) is 13.2. The summed E-state index contributed by atoms with van der Waals surface area (Å²) in [6.45, 7) is 7.47. The minimum absolute atomic E-state index is 0.0154. The molecule has 0 saturated carbocycles. The molecule has 1 heterocycles. The van der Waals surface area contributed by atoms with E-state index >= 15 is 0 Å². The van der Waals surface area contributed by atoms with Crippen LogP contribution in [-0.2, 0) is 4.79 Å². The maximum absolute atomic E-state index is 11.6. The number of ketones is 1. The summed E-state index contributed by atoms with van der Waals surface area (Å²) < 4.78 is 0. The van der Waals surface area contributed by atoms with Gasteiger partial charge in [0.2, 0.25) is 0 Å². The molecule has 6 nitrogen and oxygen atoms in total. The monoisotopic (exact) mass is 312 g/mol. The third-order valence-corrected chi connectivity index (χ3v) is 3.44. The maximum atomic E-state index is 11.6. The number of nitrogens with one attached hydrogen (secondary N) is 3. The molecule has 0 radical (unpaired) electrons. The highest BCUT2D eigenvalue weighted by Gasteiger charge is 2.15. The molecule has 2 rings (SSSR count). The normalized spacial score (nSPS) is 13.5. The fourth-order valence-electron chi connectivity index (χ4n) is 2.16. The van der Waals surface area contributed by atoms with Crippen molar-refractivity contribution in [3.05, 3.63) is 47.9 Å². The summed E-state index contributed by atoms with van der Waals surface area (Å²) in [6.07, 6.45) is 1.78. The third-order valence-electron chi connectivity index (χ3n) is 3.44. The molecule has 0 atom stereocenters. The lowest BCUT2D eigenvalue weighted by Crippen LogP contribution is -2.25. The largest absolute Gasteiger partial charge is 0.511 e. The van der Waals surface area contributed by atoms with Crippen LogP contribution in [0.2, 0.25) is 0 Å². The maximum Gasteiger partial charge on any atom is 0.178 e. The van der Waals surface area contributed by atoms with E-state index in [1.165, 1.54) is 6.92 Å². The molecule has 23 heavy (non-hydrogen) atoms. The number of Topliss-reactive ketones (excluding diaryl/α,β-unsaturated/α-hetero) is 1. The van der Waals surface area contributed by atoms with E-state index in [0.717, 1.165) is 17.0 Å². The Morgan fingerprint density at radius 2 is 2.26 bits per heavy atom. The van der Waals surface area contributed by atoms with Crippen LogP contribution in [0.25, 0.3) is 5.57 Å². The minimum Gasteiger partial charge on any atom is -0.511 e. The van der Waals surface area contributed by atoms with Crippen molar-refractivity contribution < 1.29 is 9.90 Å². The van der Waals surface area contributed by atoms with Crippen molar-refractivity contribution in [3.8, 4) is 0 Å². The average Bonchev–Trinajstić information content (AvgIpc) is 2.52. The average molecular weight is 312 g/mol. The predicted molar refractivity (Wildman–Crippen MR) is 93.3 cm³/mol. The summed E-state index contributed by atoms with van der Waals surface area (Å²) >= 11 is 0. The van der Waals surface area contributed by atoms with Gasteiger partial charge in [-0.2, -0.15) is 0 Å². The van der Waals surface area contributed by atoms with E-state index in [1.54, 1.807) is 18.3 Å². The van der Waals surface area contributed by atoms with Crippen LogP contribution in [0, 0.1) is 5.41 Å². The molecule has 0 aliphatic carbocycles. The van der Waals surface area contributed by atoms with Crippen molar-refractivity contribution >= 4 is 28.6 Å². The van der Waals surface area contributed by atoms with Gasteiger partial charge in [0, 0.05) is 30.9 Å². The Balaban J connectivity index is 2.40. The van der Waals surface area contributed by atoms with Crippen LogP contribution >= 0.6 is 0 Å². The summed E-state index contributed by atoms with van der Waals surface area (Å²) in [5.74, 6) is 0.515. The first-order valence-corrected chi connectivity index (χ1v) is 7.20. The van der Waals surface area contributed by atoms with Crippen molar-refractivity contribution in [1.82, 2.24) is 5.32 Å². The van der Waals surface area contributed by atoms with Crippen LogP contribution in [0.1, 0.15) is 25.0 Å². The molecule has 1 aliphatic heterocycles. The number of carbonyl (C=O) groups is 1. The third kappa shape index (κ3) is 4.06. The number of aliphatic hydroxyl groups excluding tert-OH is 1. The number of aliphatic hydroxyl groups is 1. The van der Waals surface area contributed by atoms with Gasteiger partial charge in [0.25, 0.3) is 0 Å². The Hall–Kier alpha value is -2.89. The molecule has 0 bridgehead atoms. The molecule has 0 aromatic heterocycles. The second kappa shape index (κ2) is 6.91. The van der Waals surface area contributed by atoms with E-state index in [4.69, 9.17) is 5.41 Å². The van der Waals surface area contributed by atoms with E-state index < -0.39 is 0 Å². The first kappa shape index (κ1) is 16.5. The lowest BCUT2D eigenvalue weighted by molar-refractivity contribution is -0.111. The summed E-state index contributed by atoms with van der Waals surface area (Å²) in [7, 11) is 0. The molecule has 6 heteroatoms. The Morgan fingerprint density at radius 3 is 2.83 bits per heavy atom. The van der Waals surface area contributed by atoms with Crippen molar-refractivity contribution in [2.75, 3.05) is 18.4 Å². The van der Waals surface area contributed by atoms with Crippen LogP contribution in [0.5, 0.6) is 0 Å². The van der Waals surface area contributed by atoms with E-state index in [2.05, 4.69) is 22.2 Å². The highest BCUT2D eigenvalue weighted by atomic mass is 16.3. The first-order valence-electron chi connectivity index (χ1n) is 7.20. The molecule has 1 aliphatic rings. The fourth-order valence-corrected chi connectivity index (χ4v) is 2.16. The van der Waals surface area contributed by atoms with Crippen molar-refractivity contribution in [2.24, 2.45) is 4.99 Å². The number of benzene rings is 1. The molecule has 0 saturated heterocycles. The van der Waals surface area contributed by atoms with Gasteiger partial charge in [0.15, 0.2) is 5.78 Å². The van der Waals surface area contributed by atoms with Crippen LogP contribution in [-0.4, -0.2) is 35.5 Å². The number of amidine groups is 1.